The molecule has 5 nitrogen and oxygen atoms in total. The van der Waals surface area contributed by atoms with Gasteiger partial charge in [-0.1, -0.05) is 30.3 Å². The number of ether oxygens (including phenoxy) is 1. The monoisotopic (exact) mass is 317 g/mol. The third kappa shape index (κ3) is 3.84. The predicted octanol–water partition coefficient (Wildman–Crippen LogP) is 2.37. The van der Waals surface area contributed by atoms with Gasteiger partial charge in [0, 0.05) is 37.1 Å². The molecule has 0 unspecified atom stereocenters. The topological polar surface area (TPSA) is 63.2 Å². The molecule has 1 amide bonds. The van der Waals surface area contributed by atoms with Crippen LogP contribution in [0.1, 0.15) is 16.5 Å². The van der Waals surface area contributed by atoms with Gasteiger partial charge in [0.15, 0.2) is 0 Å². The first-order valence-electron chi connectivity index (χ1n) is 7.37. The highest BCUT2D eigenvalue weighted by Gasteiger charge is 2.30. The number of benzene rings is 1. The molecule has 116 valence electrons. The number of carbonyl (C=O) groups excluding carboxylic acids is 1. The van der Waals surface area contributed by atoms with E-state index in [1.807, 2.05) is 41.9 Å². The summed E-state index contributed by atoms with van der Waals surface area (Å²) in [6.45, 7) is 2.71. The number of aromatic nitrogens is 1. The lowest BCUT2D eigenvalue weighted by Crippen LogP contribution is -2.32. The molecule has 0 aliphatic carbocycles. The molecule has 0 spiro atoms. The van der Waals surface area contributed by atoms with Crippen molar-refractivity contribution in [2.75, 3.05) is 19.6 Å². The van der Waals surface area contributed by atoms with Gasteiger partial charge < -0.3 is 15.4 Å². The summed E-state index contributed by atoms with van der Waals surface area (Å²) in [6, 6.07) is 9.67. The average molecular weight is 317 g/mol. The maximum absolute atomic E-state index is 11.8. The standard InChI is InChI=1S/C16H19N3O2S/c20-16(21-11-12-4-2-1-3-5-12)19-9-13-8-17-10-14(13)15-18-6-7-22-15/h1-7,13-14,17H,8-11H2,(H,19,20)/t13-,14-/m0/s1. The van der Waals surface area contributed by atoms with Crippen molar-refractivity contribution in [2.24, 2.45) is 5.92 Å². The number of nitrogens with zero attached hydrogens (tertiary/aromatic N) is 1. The maximum Gasteiger partial charge on any atom is 0.407 e. The Hall–Kier alpha value is -1.92. The second-order valence-corrected chi connectivity index (χ2v) is 6.26. The van der Waals surface area contributed by atoms with Crippen LogP contribution in [-0.4, -0.2) is 30.7 Å². The van der Waals surface area contributed by atoms with Gasteiger partial charge in [0.05, 0.1) is 5.01 Å². The molecule has 2 atom stereocenters. The maximum atomic E-state index is 11.8. The van der Waals surface area contributed by atoms with E-state index in [1.165, 1.54) is 0 Å². The summed E-state index contributed by atoms with van der Waals surface area (Å²) in [5.74, 6) is 0.727. The first-order valence-corrected chi connectivity index (χ1v) is 8.25. The van der Waals surface area contributed by atoms with Gasteiger partial charge >= 0.3 is 6.09 Å². The van der Waals surface area contributed by atoms with Crippen LogP contribution in [-0.2, 0) is 11.3 Å². The molecule has 1 aliphatic heterocycles. The summed E-state index contributed by atoms with van der Waals surface area (Å²) in [5, 5.41) is 9.36. The predicted molar refractivity (Wildman–Crippen MR) is 85.8 cm³/mol. The molecule has 2 aromatic rings. The van der Waals surface area contributed by atoms with Crippen LogP contribution >= 0.6 is 11.3 Å². The van der Waals surface area contributed by atoms with E-state index in [0.29, 0.717) is 25.0 Å². The van der Waals surface area contributed by atoms with E-state index in [9.17, 15) is 4.79 Å². The summed E-state index contributed by atoms with van der Waals surface area (Å²) in [5.41, 5.74) is 0.987. The molecule has 3 rings (SSSR count). The normalized spacial score (nSPS) is 20.7. The van der Waals surface area contributed by atoms with Crippen molar-refractivity contribution in [3.63, 3.8) is 0 Å². The Balaban J connectivity index is 1.44. The Morgan fingerprint density at radius 2 is 2.23 bits per heavy atom. The smallest absolute Gasteiger partial charge is 0.407 e. The molecule has 1 fully saturated rings. The molecule has 6 heteroatoms. The van der Waals surface area contributed by atoms with Crippen LogP contribution in [0.15, 0.2) is 41.9 Å². The minimum absolute atomic E-state index is 0.297. The number of thiazole rings is 1. The van der Waals surface area contributed by atoms with Crippen LogP contribution in [0.3, 0.4) is 0 Å². The molecule has 22 heavy (non-hydrogen) atoms. The Kier molecular flexibility index (Phi) is 5.03. The highest BCUT2D eigenvalue weighted by molar-refractivity contribution is 7.09. The fourth-order valence-electron chi connectivity index (χ4n) is 2.64. The second kappa shape index (κ2) is 7.38. The number of rotatable bonds is 5. The highest BCUT2D eigenvalue weighted by Crippen LogP contribution is 2.28. The Morgan fingerprint density at radius 3 is 3.00 bits per heavy atom. The van der Waals surface area contributed by atoms with Crippen LogP contribution < -0.4 is 10.6 Å². The second-order valence-electron chi connectivity index (χ2n) is 5.34. The van der Waals surface area contributed by atoms with Gasteiger partial charge in [-0.25, -0.2) is 9.78 Å². The summed E-state index contributed by atoms with van der Waals surface area (Å²) in [4.78, 5) is 16.2. The van der Waals surface area contributed by atoms with Gasteiger partial charge in [0.25, 0.3) is 0 Å². The molecule has 0 saturated carbocycles. The number of hydrogen-bond donors (Lipinski definition) is 2. The van der Waals surface area contributed by atoms with Crippen LogP contribution in [0.25, 0.3) is 0 Å². The van der Waals surface area contributed by atoms with Crippen LogP contribution in [0, 0.1) is 5.92 Å². The van der Waals surface area contributed by atoms with E-state index >= 15 is 0 Å². The lowest BCUT2D eigenvalue weighted by molar-refractivity contribution is 0.138. The third-order valence-corrected chi connectivity index (χ3v) is 4.74. The molecular weight excluding hydrogens is 298 g/mol. The third-order valence-electron chi connectivity index (χ3n) is 3.83. The van der Waals surface area contributed by atoms with Crippen LogP contribution in [0.4, 0.5) is 4.79 Å². The van der Waals surface area contributed by atoms with E-state index < -0.39 is 0 Å². The van der Waals surface area contributed by atoms with Gasteiger partial charge in [-0.3, -0.25) is 0 Å². The number of hydrogen-bond acceptors (Lipinski definition) is 5. The van der Waals surface area contributed by atoms with E-state index in [4.69, 9.17) is 4.74 Å². The number of alkyl carbamates (subject to hydrolysis) is 1. The van der Waals surface area contributed by atoms with Crippen molar-refractivity contribution in [3.8, 4) is 0 Å². The summed E-state index contributed by atoms with van der Waals surface area (Å²) in [7, 11) is 0. The van der Waals surface area contributed by atoms with Crippen molar-refractivity contribution in [2.45, 2.75) is 12.5 Å². The minimum Gasteiger partial charge on any atom is -0.445 e. The van der Waals surface area contributed by atoms with Crippen molar-refractivity contribution < 1.29 is 9.53 Å². The molecule has 1 aromatic carbocycles. The minimum atomic E-state index is -0.367. The fourth-order valence-corrected chi connectivity index (χ4v) is 3.48. The number of amides is 1. The zero-order chi connectivity index (χ0) is 15.2. The SMILES string of the molecule is O=C(NC[C@@H]1CNC[C@@H]1c1nccs1)OCc1ccccc1. The molecule has 2 N–H and O–H groups in total. The van der Waals surface area contributed by atoms with Gasteiger partial charge in [-0.2, -0.15) is 0 Å². The zero-order valence-electron chi connectivity index (χ0n) is 12.2. The van der Waals surface area contributed by atoms with E-state index in [0.717, 1.165) is 23.7 Å². The molecule has 1 aliphatic rings. The molecule has 2 heterocycles. The number of carbonyl (C=O) groups is 1. The Bertz CT molecular complexity index is 589. The lowest BCUT2D eigenvalue weighted by atomic mass is 9.97. The molecule has 1 saturated heterocycles. The lowest BCUT2D eigenvalue weighted by Gasteiger charge is -2.17. The van der Waals surface area contributed by atoms with Crippen LogP contribution in [0.5, 0.6) is 0 Å². The first-order chi connectivity index (χ1) is 10.8. The fraction of sp³-hybridized carbons (Fsp3) is 0.375. The average Bonchev–Trinajstić information content (AvgIpc) is 3.22. The van der Waals surface area contributed by atoms with E-state index in [1.54, 1.807) is 11.3 Å². The van der Waals surface area contributed by atoms with Gasteiger partial charge in [0.2, 0.25) is 0 Å². The van der Waals surface area contributed by atoms with Crippen molar-refractivity contribution in [1.29, 1.82) is 0 Å². The molecule has 0 radical (unpaired) electrons. The molecular formula is C16H19N3O2S. The van der Waals surface area contributed by atoms with Crippen molar-refractivity contribution in [3.05, 3.63) is 52.5 Å². The van der Waals surface area contributed by atoms with Crippen molar-refractivity contribution >= 4 is 17.4 Å². The quantitative estimate of drug-likeness (QED) is 0.889. The summed E-state index contributed by atoms with van der Waals surface area (Å²) >= 11 is 1.67. The van der Waals surface area contributed by atoms with E-state index in [-0.39, 0.29) is 6.09 Å². The van der Waals surface area contributed by atoms with Gasteiger partial charge in [0.1, 0.15) is 6.61 Å². The van der Waals surface area contributed by atoms with Crippen molar-refractivity contribution in [1.82, 2.24) is 15.6 Å². The van der Waals surface area contributed by atoms with Gasteiger partial charge in [-0.05, 0) is 11.5 Å². The first kappa shape index (κ1) is 15.0. The highest BCUT2D eigenvalue weighted by atomic mass is 32.1. The summed E-state index contributed by atoms with van der Waals surface area (Å²) < 4.78 is 5.23. The van der Waals surface area contributed by atoms with E-state index in [2.05, 4.69) is 15.6 Å². The van der Waals surface area contributed by atoms with Crippen LogP contribution in [0.2, 0.25) is 0 Å². The Morgan fingerprint density at radius 1 is 1.36 bits per heavy atom. The largest absolute Gasteiger partial charge is 0.445 e. The number of nitrogens with one attached hydrogen (secondary N) is 2. The molecule has 0 bridgehead atoms. The summed E-state index contributed by atoms with van der Waals surface area (Å²) in [6.07, 6.45) is 1.46. The zero-order valence-corrected chi connectivity index (χ0v) is 13.0. The Labute approximate surface area is 133 Å². The molecule has 1 aromatic heterocycles. The van der Waals surface area contributed by atoms with Gasteiger partial charge in [-0.15, -0.1) is 11.3 Å².